The Bertz CT molecular complexity index is 397. The summed E-state index contributed by atoms with van der Waals surface area (Å²) in [6.07, 6.45) is 6.42. The van der Waals surface area contributed by atoms with Gasteiger partial charge in [0.15, 0.2) is 0 Å². The number of carbonyl (C=O) groups excluding carboxylic acids is 1. The average Bonchev–Trinajstić information content (AvgIpc) is 2.40. The van der Waals surface area contributed by atoms with E-state index in [1.54, 1.807) is 7.11 Å². The van der Waals surface area contributed by atoms with Gasteiger partial charge in [0.2, 0.25) is 5.91 Å². The maximum absolute atomic E-state index is 12.0. The number of carbonyl (C=O) groups is 1. The van der Waals surface area contributed by atoms with Gasteiger partial charge < -0.3 is 10.1 Å². The second-order valence-electron chi connectivity index (χ2n) is 4.89. The van der Waals surface area contributed by atoms with Crippen molar-refractivity contribution < 1.29 is 9.53 Å². The number of methoxy groups -OCH3 is 1. The van der Waals surface area contributed by atoms with Crippen molar-refractivity contribution in [1.82, 2.24) is 5.32 Å². The fourth-order valence-corrected chi connectivity index (χ4v) is 2.55. The summed E-state index contributed by atoms with van der Waals surface area (Å²) >= 11 is 0. The van der Waals surface area contributed by atoms with E-state index in [2.05, 4.69) is 5.32 Å². The lowest BCUT2D eigenvalue weighted by molar-refractivity contribution is -0.121. The molecule has 0 atom stereocenters. The average molecular weight is 247 g/mol. The van der Waals surface area contributed by atoms with E-state index in [-0.39, 0.29) is 5.91 Å². The summed E-state index contributed by atoms with van der Waals surface area (Å²) in [6.45, 7) is 0. The van der Waals surface area contributed by atoms with Crippen LogP contribution in [0.1, 0.15) is 37.7 Å². The Morgan fingerprint density at radius 2 is 2.00 bits per heavy atom. The molecule has 1 saturated carbocycles. The molecule has 1 N–H and O–H groups in total. The van der Waals surface area contributed by atoms with Crippen LogP contribution in [0, 0.1) is 0 Å². The summed E-state index contributed by atoms with van der Waals surface area (Å²) in [4.78, 5) is 12.0. The molecule has 0 saturated heterocycles. The van der Waals surface area contributed by atoms with Gasteiger partial charge in [-0.1, -0.05) is 37.5 Å². The smallest absolute Gasteiger partial charge is 0.224 e. The topological polar surface area (TPSA) is 38.3 Å². The number of amides is 1. The van der Waals surface area contributed by atoms with Crippen molar-refractivity contribution in [3.8, 4) is 5.75 Å². The SMILES string of the molecule is COc1ccccc1CC(=O)NC1CCCCC1. The first-order chi connectivity index (χ1) is 8.79. The molecule has 0 bridgehead atoms. The van der Waals surface area contributed by atoms with Crippen LogP contribution in [0.15, 0.2) is 24.3 Å². The van der Waals surface area contributed by atoms with Gasteiger partial charge in [-0.05, 0) is 18.9 Å². The number of hydrogen-bond acceptors (Lipinski definition) is 2. The molecule has 1 aromatic rings. The predicted octanol–water partition coefficient (Wildman–Crippen LogP) is 2.69. The van der Waals surface area contributed by atoms with Gasteiger partial charge in [0.25, 0.3) is 0 Å². The van der Waals surface area contributed by atoms with Gasteiger partial charge in [0.1, 0.15) is 5.75 Å². The first-order valence-electron chi connectivity index (χ1n) is 6.71. The third-order valence-corrected chi connectivity index (χ3v) is 3.51. The number of ether oxygens (including phenoxy) is 1. The molecular weight excluding hydrogens is 226 g/mol. The van der Waals surface area contributed by atoms with Crippen molar-refractivity contribution in [2.45, 2.75) is 44.6 Å². The first-order valence-corrected chi connectivity index (χ1v) is 6.71. The molecule has 1 aliphatic carbocycles. The normalized spacial score (nSPS) is 16.3. The Balaban J connectivity index is 1.90. The Hall–Kier alpha value is -1.51. The van der Waals surface area contributed by atoms with Crippen LogP contribution in [0.3, 0.4) is 0 Å². The predicted molar refractivity (Wildman–Crippen MR) is 71.7 cm³/mol. The quantitative estimate of drug-likeness (QED) is 0.888. The minimum absolute atomic E-state index is 0.103. The lowest BCUT2D eigenvalue weighted by Gasteiger charge is -2.22. The highest BCUT2D eigenvalue weighted by Crippen LogP contribution is 2.19. The summed E-state index contributed by atoms with van der Waals surface area (Å²) in [6, 6.07) is 8.07. The second-order valence-corrected chi connectivity index (χ2v) is 4.89. The number of hydrogen-bond donors (Lipinski definition) is 1. The van der Waals surface area contributed by atoms with E-state index in [1.165, 1.54) is 19.3 Å². The van der Waals surface area contributed by atoms with Gasteiger partial charge >= 0.3 is 0 Å². The molecule has 18 heavy (non-hydrogen) atoms. The molecule has 0 aromatic heterocycles. The van der Waals surface area contributed by atoms with Gasteiger partial charge in [0.05, 0.1) is 13.5 Å². The van der Waals surface area contributed by atoms with Crippen LogP contribution in [-0.2, 0) is 11.2 Å². The van der Waals surface area contributed by atoms with Crippen LogP contribution in [0.5, 0.6) is 5.75 Å². The van der Waals surface area contributed by atoms with Crippen molar-refractivity contribution in [1.29, 1.82) is 0 Å². The molecule has 0 aliphatic heterocycles. The zero-order valence-electron chi connectivity index (χ0n) is 10.9. The zero-order chi connectivity index (χ0) is 12.8. The Morgan fingerprint density at radius 3 is 2.72 bits per heavy atom. The van der Waals surface area contributed by atoms with Crippen LogP contribution >= 0.6 is 0 Å². The molecule has 3 nitrogen and oxygen atoms in total. The van der Waals surface area contributed by atoms with E-state index >= 15 is 0 Å². The molecule has 0 unspecified atom stereocenters. The highest BCUT2D eigenvalue weighted by molar-refractivity contribution is 5.79. The van der Waals surface area contributed by atoms with E-state index in [4.69, 9.17) is 4.74 Å². The van der Waals surface area contributed by atoms with Crippen LogP contribution in [0.4, 0.5) is 0 Å². The van der Waals surface area contributed by atoms with Crippen molar-refractivity contribution in [2.24, 2.45) is 0 Å². The molecule has 1 fully saturated rings. The maximum Gasteiger partial charge on any atom is 0.224 e. The minimum Gasteiger partial charge on any atom is -0.496 e. The molecule has 0 heterocycles. The molecule has 98 valence electrons. The van der Waals surface area contributed by atoms with Gasteiger partial charge in [-0.2, -0.15) is 0 Å². The van der Waals surface area contributed by atoms with Crippen LogP contribution in [-0.4, -0.2) is 19.1 Å². The highest BCUT2D eigenvalue weighted by atomic mass is 16.5. The Labute approximate surface area is 109 Å². The minimum atomic E-state index is 0.103. The van der Waals surface area contributed by atoms with Crippen LogP contribution < -0.4 is 10.1 Å². The molecule has 1 aliphatic rings. The van der Waals surface area contributed by atoms with Gasteiger partial charge in [0, 0.05) is 11.6 Å². The molecule has 0 spiro atoms. The summed E-state index contributed by atoms with van der Waals surface area (Å²) in [5.74, 6) is 0.891. The van der Waals surface area contributed by atoms with E-state index in [0.717, 1.165) is 24.2 Å². The van der Waals surface area contributed by atoms with E-state index in [9.17, 15) is 4.79 Å². The van der Waals surface area contributed by atoms with E-state index in [0.29, 0.717) is 12.5 Å². The van der Waals surface area contributed by atoms with Crippen molar-refractivity contribution in [3.63, 3.8) is 0 Å². The number of nitrogens with one attached hydrogen (secondary N) is 1. The van der Waals surface area contributed by atoms with Crippen LogP contribution in [0.25, 0.3) is 0 Å². The Kier molecular flexibility index (Phi) is 4.62. The molecule has 3 heteroatoms. The zero-order valence-corrected chi connectivity index (χ0v) is 10.9. The molecule has 1 amide bonds. The maximum atomic E-state index is 12.0. The van der Waals surface area contributed by atoms with Gasteiger partial charge in [-0.3, -0.25) is 4.79 Å². The lowest BCUT2D eigenvalue weighted by Crippen LogP contribution is -2.37. The van der Waals surface area contributed by atoms with E-state index in [1.807, 2.05) is 24.3 Å². The second kappa shape index (κ2) is 6.43. The third kappa shape index (κ3) is 3.49. The largest absolute Gasteiger partial charge is 0.496 e. The fourth-order valence-electron chi connectivity index (χ4n) is 2.55. The fraction of sp³-hybridized carbons (Fsp3) is 0.533. The number of rotatable bonds is 4. The molecule has 0 radical (unpaired) electrons. The lowest BCUT2D eigenvalue weighted by atomic mass is 9.95. The van der Waals surface area contributed by atoms with E-state index < -0.39 is 0 Å². The third-order valence-electron chi connectivity index (χ3n) is 3.51. The van der Waals surface area contributed by atoms with Crippen molar-refractivity contribution in [2.75, 3.05) is 7.11 Å². The molecule has 1 aromatic carbocycles. The van der Waals surface area contributed by atoms with Gasteiger partial charge in [-0.15, -0.1) is 0 Å². The summed E-state index contributed by atoms with van der Waals surface area (Å²) < 4.78 is 5.26. The van der Waals surface area contributed by atoms with Crippen LogP contribution in [0.2, 0.25) is 0 Å². The summed E-state index contributed by atoms with van der Waals surface area (Å²) in [5, 5.41) is 3.12. The molecular formula is C15H21NO2. The number of para-hydroxylation sites is 1. The molecule has 2 rings (SSSR count). The standard InChI is InChI=1S/C15H21NO2/c1-18-14-10-6-5-7-12(14)11-15(17)16-13-8-3-2-4-9-13/h5-7,10,13H,2-4,8-9,11H2,1H3,(H,16,17). The first kappa shape index (κ1) is 12.9. The van der Waals surface area contributed by atoms with Crippen molar-refractivity contribution >= 4 is 5.91 Å². The Morgan fingerprint density at radius 1 is 1.28 bits per heavy atom. The highest BCUT2D eigenvalue weighted by Gasteiger charge is 2.16. The monoisotopic (exact) mass is 247 g/mol. The summed E-state index contributed by atoms with van der Waals surface area (Å²) in [7, 11) is 1.64. The number of benzene rings is 1. The summed E-state index contributed by atoms with van der Waals surface area (Å²) in [5.41, 5.74) is 0.952. The van der Waals surface area contributed by atoms with Gasteiger partial charge in [-0.25, -0.2) is 0 Å². The van der Waals surface area contributed by atoms with Crippen molar-refractivity contribution in [3.05, 3.63) is 29.8 Å².